The third-order valence-corrected chi connectivity index (χ3v) is 3.53. The van der Waals surface area contributed by atoms with Gasteiger partial charge < -0.3 is 4.74 Å². The predicted octanol–water partition coefficient (Wildman–Crippen LogP) is 4.13. The van der Waals surface area contributed by atoms with Crippen LogP contribution in [-0.2, 0) is 4.74 Å². The molecule has 4 nitrogen and oxygen atoms in total. The van der Waals surface area contributed by atoms with E-state index in [9.17, 15) is 4.79 Å². The molecule has 3 rings (SSSR count). The van der Waals surface area contributed by atoms with Crippen LogP contribution in [0.4, 0.5) is 0 Å². The second-order valence-electron chi connectivity index (χ2n) is 4.71. The summed E-state index contributed by atoms with van der Waals surface area (Å²) in [5.74, 6) is -0.379. The molecule has 0 aliphatic rings. The third kappa shape index (κ3) is 2.78. The molecule has 0 N–H and O–H groups in total. The molecule has 5 heteroatoms. The van der Waals surface area contributed by atoms with E-state index < -0.39 is 0 Å². The fraction of sp³-hybridized carbons (Fsp3) is 0.118. The molecular weight excluding hydrogens is 300 g/mol. The summed E-state index contributed by atoms with van der Waals surface area (Å²) in [6.45, 7) is 2.10. The maximum absolute atomic E-state index is 11.9. The Labute approximate surface area is 132 Å². The fourth-order valence-electron chi connectivity index (χ4n) is 2.23. The number of rotatable bonds is 3. The summed E-state index contributed by atoms with van der Waals surface area (Å²) in [5.41, 5.74) is 3.01. The molecule has 3 aromatic rings. The molecule has 0 fully saturated rings. The normalized spacial score (nSPS) is 10.6. The van der Waals surface area contributed by atoms with Crippen molar-refractivity contribution in [3.8, 4) is 11.1 Å². The average molecular weight is 313 g/mol. The van der Waals surface area contributed by atoms with Crippen LogP contribution in [0.1, 0.15) is 17.3 Å². The van der Waals surface area contributed by atoms with E-state index in [4.69, 9.17) is 16.3 Å². The van der Waals surface area contributed by atoms with Gasteiger partial charge in [-0.2, -0.15) is 0 Å². The standard InChI is InChI=1S/C17H13ClN2O2/c1-2-22-17(21)12-7-14-15(9-19-10-16(14)20-8-12)11-3-5-13(18)6-4-11/h3-10H,2H2,1H3. The summed E-state index contributed by atoms with van der Waals surface area (Å²) in [5, 5.41) is 1.52. The van der Waals surface area contributed by atoms with Crippen molar-refractivity contribution < 1.29 is 9.53 Å². The Kier molecular flexibility index (Phi) is 4.02. The van der Waals surface area contributed by atoms with Crippen LogP contribution in [-0.4, -0.2) is 22.5 Å². The minimum Gasteiger partial charge on any atom is -0.462 e. The first-order valence-corrected chi connectivity index (χ1v) is 7.23. The number of hydrogen-bond donors (Lipinski definition) is 0. The van der Waals surface area contributed by atoms with Gasteiger partial charge >= 0.3 is 5.97 Å². The Morgan fingerprint density at radius 3 is 2.68 bits per heavy atom. The van der Waals surface area contributed by atoms with Crippen molar-refractivity contribution in [1.82, 2.24) is 9.97 Å². The number of halogens is 1. The van der Waals surface area contributed by atoms with Crippen LogP contribution in [0, 0.1) is 0 Å². The highest BCUT2D eigenvalue weighted by atomic mass is 35.5. The number of carbonyl (C=O) groups is 1. The largest absolute Gasteiger partial charge is 0.462 e. The van der Waals surface area contributed by atoms with Gasteiger partial charge in [-0.3, -0.25) is 9.97 Å². The highest BCUT2D eigenvalue weighted by molar-refractivity contribution is 6.30. The number of nitrogens with zero attached hydrogens (tertiary/aromatic N) is 2. The molecule has 0 amide bonds. The fourth-order valence-corrected chi connectivity index (χ4v) is 2.36. The van der Waals surface area contributed by atoms with Crippen LogP contribution in [0.2, 0.25) is 5.02 Å². The van der Waals surface area contributed by atoms with Crippen LogP contribution >= 0.6 is 11.6 Å². The number of ether oxygens (including phenoxy) is 1. The first-order chi connectivity index (χ1) is 10.7. The minimum atomic E-state index is -0.379. The molecule has 22 heavy (non-hydrogen) atoms. The van der Waals surface area contributed by atoms with Gasteiger partial charge in [-0.25, -0.2) is 4.79 Å². The molecule has 0 saturated carbocycles. The third-order valence-electron chi connectivity index (χ3n) is 3.28. The molecule has 2 heterocycles. The molecule has 0 bridgehead atoms. The first kappa shape index (κ1) is 14.5. The van der Waals surface area contributed by atoms with Gasteiger partial charge in [0, 0.05) is 28.4 Å². The first-order valence-electron chi connectivity index (χ1n) is 6.86. The number of hydrogen-bond acceptors (Lipinski definition) is 4. The molecule has 0 unspecified atom stereocenters. The van der Waals surface area contributed by atoms with E-state index in [1.807, 2.05) is 24.3 Å². The van der Waals surface area contributed by atoms with Crippen LogP contribution in [0.5, 0.6) is 0 Å². The Bertz CT molecular complexity index is 832. The second kappa shape index (κ2) is 6.12. The summed E-state index contributed by atoms with van der Waals surface area (Å²) < 4.78 is 5.03. The van der Waals surface area contributed by atoms with Gasteiger partial charge in [0.2, 0.25) is 0 Å². The number of benzene rings is 1. The zero-order chi connectivity index (χ0) is 15.5. The van der Waals surface area contributed by atoms with Gasteiger partial charge in [0.1, 0.15) is 0 Å². The summed E-state index contributed by atoms with van der Waals surface area (Å²) >= 11 is 5.93. The van der Waals surface area contributed by atoms with Gasteiger partial charge in [-0.1, -0.05) is 23.7 Å². The summed E-state index contributed by atoms with van der Waals surface area (Å²) in [6, 6.07) is 9.24. The molecule has 0 aliphatic heterocycles. The van der Waals surface area contributed by atoms with Gasteiger partial charge in [0.25, 0.3) is 0 Å². The number of aromatic nitrogens is 2. The van der Waals surface area contributed by atoms with Crippen molar-refractivity contribution in [3.05, 3.63) is 59.5 Å². The average Bonchev–Trinajstić information content (AvgIpc) is 2.55. The Hall–Kier alpha value is -2.46. The molecule has 0 radical (unpaired) electrons. The highest BCUT2D eigenvalue weighted by Gasteiger charge is 2.11. The molecule has 0 atom stereocenters. The number of esters is 1. The van der Waals surface area contributed by atoms with Crippen molar-refractivity contribution in [2.75, 3.05) is 6.61 Å². The van der Waals surface area contributed by atoms with Crippen LogP contribution < -0.4 is 0 Å². The number of fused-ring (bicyclic) bond motifs is 1. The van der Waals surface area contributed by atoms with E-state index in [1.165, 1.54) is 6.20 Å². The van der Waals surface area contributed by atoms with Gasteiger partial charge in [0.15, 0.2) is 0 Å². The molecule has 0 spiro atoms. The lowest BCUT2D eigenvalue weighted by molar-refractivity contribution is 0.0526. The van der Waals surface area contributed by atoms with Crippen molar-refractivity contribution in [1.29, 1.82) is 0 Å². The molecule has 0 saturated heterocycles. The maximum Gasteiger partial charge on any atom is 0.339 e. The predicted molar refractivity (Wildman–Crippen MR) is 85.9 cm³/mol. The Morgan fingerprint density at radius 1 is 1.18 bits per heavy atom. The van der Waals surface area contributed by atoms with E-state index >= 15 is 0 Å². The Morgan fingerprint density at radius 2 is 1.95 bits per heavy atom. The molecule has 1 aromatic carbocycles. The summed E-state index contributed by atoms with van der Waals surface area (Å²) in [4.78, 5) is 20.4. The lowest BCUT2D eigenvalue weighted by Crippen LogP contribution is -2.05. The van der Waals surface area contributed by atoms with E-state index in [-0.39, 0.29) is 5.97 Å². The summed E-state index contributed by atoms with van der Waals surface area (Å²) in [6.07, 6.45) is 4.93. The monoisotopic (exact) mass is 312 g/mol. The lowest BCUT2D eigenvalue weighted by atomic mass is 10.0. The van der Waals surface area contributed by atoms with Crippen molar-refractivity contribution in [3.63, 3.8) is 0 Å². The van der Waals surface area contributed by atoms with E-state index in [2.05, 4.69) is 9.97 Å². The topological polar surface area (TPSA) is 52.1 Å². The van der Waals surface area contributed by atoms with E-state index in [0.29, 0.717) is 17.2 Å². The maximum atomic E-state index is 11.9. The second-order valence-corrected chi connectivity index (χ2v) is 5.14. The molecular formula is C17H13ClN2O2. The Balaban J connectivity index is 2.15. The van der Waals surface area contributed by atoms with Crippen LogP contribution in [0.3, 0.4) is 0 Å². The van der Waals surface area contributed by atoms with Crippen LogP contribution in [0.25, 0.3) is 22.0 Å². The van der Waals surface area contributed by atoms with Gasteiger partial charge in [0.05, 0.1) is 23.9 Å². The SMILES string of the molecule is CCOC(=O)c1cnc2cncc(-c3ccc(Cl)cc3)c2c1. The minimum absolute atomic E-state index is 0.331. The zero-order valence-electron chi connectivity index (χ0n) is 11.9. The van der Waals surface area contributed by atoms with Gasteiger partial charge in [-0.05, 0) is 30.7 Å². The number of pyridine rings is 2. The van der Waals surface area contributed by atoms with E-state index in [1.54, 1.807) is 25.4 Å². The lowest BCUT2D eigenvalue weighted by Gasteiger charge is -2.08. The molecule has 110 valence electrons. The van der Waals surface area contributed by atoms with Crippen molar-refractivity contribution >= 4 is 28.5 Å². The molecule has 0 aliphatic carbocycles. The smallest absolute Gasteiger partial charge is 0.339 e. The quantitative estimate of drug-likeness (QED) is 0.682. The van der Waals surface area contributed by atoms with Crippen molar-refractivity contribution in [2.45, 2.75) is 6.92 Å². The molecule has 2 aromatic heterocycles. The van der Waals surface area contributed by atoms with E-state index in [0.717, 1.165) is 22.0 Å². The van der Waals surface area contributed by atoms with Crippen LogP contribution in [0.15, 0.2) is 48.9 Å². The summed E-state index contributed by atoms with van der Waals surface area (Å²) in [7, 11) is 0. The highest BCUT2D eigenvalue weighted by Crippen LogP contribution is 2.28. The van der Waals surface area contributed by atoms with Crippen molar-refractivity contribution in [2.24, 2.45) is 0 Å². The number of carbonyl (C=O) groups excluding carboxylic acids is 1. The van der Waals surface area contributed by atoms with Gasteiger partial charge in [-0.15, -0.1) is 0 Å². The zero-order valence-corrected chi connectivity index (χ0v) is 12.7.